The molecule has 0 saturated carbocycles. The third kappa shape index (κ3) is 19.3. The molecule has 0 bridgehead atoms. The molecular formula is C34H59N5O6. The molecule has 0 saturated heterocycles. The van der Waals surface area contributed by atoms with Crippen molar-refractivity contribution in [3.8, 4) is 0 Å². The lowest BCUT2D eigenvalue weighted by Crippen LogP contribution is -2.55. The molecule has 0 radical (unpaired) electrons. The minimum absolute atomic E-state index is 0.0164. The van der Waals surface area contributed by atoms with Crippen LogP contribution in [-0.2, 0) is 28.8 Å². The second kappa shape index (κ2) is 21.1. The van der Waals surface area contributed by atoms with Crippen molar-refractivity contribution in [1.29, 1.82) is 0 Å². The fraction of sp³-hybridized carbons (Fsp3) is 0.647. The fourth-order valence-electron chi connectivity index (χ4n) is 3.74. The molecule has 0 spiro atoms. The van der Waals surface area contributed by atoms with Crippen LogP contribution in [0.4, 0.5) is 0 Å². The highest BCUT2D eigenvalue weighted by Gasteiger charge is 2.34. The Kier molecular flexibility index (Phi) is 20.3. The van der Waals surface area contributed by atoms with Crippen molar-refractivity contribution in [2.24, 2.45) is 10.8 Å². The first kappa shape index (κ1) is 43.4. The Morgan fingerprint density at radius 1 is 0.800 bits per heavy atom. The lowest BCUT2D eigenvalue weighted by atomic mass is 9.85. The van der Waals surface area contributed by atoms with Gasteiger partial charge >= 0.3 is 0 Å². The number of carbonyl (C=O) groups is 6. The van der Waals surface area contributed by atoms with Gasteiger partial charge in [-0.2, -0.15) is 0 Å². The molecule has 45 heavy (non-hydrogen) atoms. The summed E-state index contributed by atoms with van der Waals surface area (Å²) in [5.41, 5.74) is 0.203. The molecule has 11 heteroatoms. The van der Waals surface area contributed by atoms with E-state index < -0.39 is 47.5 Å². The summed E-state index contributed by atoms with van der Waals surface area (Å²) in [7, 11) is 3.51. The number of ketones is 1. The predicted octanol–water partition coefficient (Wildman–Crippen LogP) is 3.57. The van der Waals surface area contributed by atoms with E-state index in [1.165, 1.54) is 6.92 Å². The molecule has 0 aliphatic rings. The quantitative estimate of drug-likeness (QED) is 0.258. The Morgan fingerprint density at radius 3 is 1.76 bits per heavy atom. The van der Waals surface area contributed by atoms with Crippen molar-refractivity contribution in [2.75, 3.05) is 27.2 Å². The van der Waals surface area contributed by atoms with Crippen LogP contribution in [0.25, 0.3) is 0 Å². The zero-order valence-corrected chi connectivity index (χ0v) is 29.8. The van der Waals surface area contributed by atoms with E-state index in [0.717, 1.165) is 5.56 Å². The summed E-state index contributed by atoms with van der Waals surface area (Å²) in [6.07, 6.45) is 0.853. The van der Waals surface area contributed by atoms with Gasteiger partial charge in [0.25, 0.3) is 5.91 Å². The van der Waals surface area contributed by atoms with Crippen molar-refractivity contribution in [2.45, 2.75) is 107 Å². The Hall–Kier alpha value is -3.76. The number of Topliss-reactive ketones (excluding diaryl/α,β-unsaturated/α-hetero) is 1. The molecule has 0 aliphatic carbocycles. The van der Waals surface area contributed by atoms with Crippen molar-refractivity contribution in [3.05, 3.63) is 35.9 Å². The van der Waals surface area contributed by atoms with Crippen molar-refractivity contribution in [3.63, 3.8) is 0 Å². The Labute approximate surface area is 271 Å². The fourth-order valence-corrected chi connectivity index (χ4v) is 3.74. The largest absolute Gasteiger partial charge is 0.349 e. The lowest BCUT2D eigenvalue weighted by molar-refractivity contribution is -0.139. The molecule has 1 rings (SSSR count). The van der Waals surface area contributed by atoms with Crippen molar-refractivity contribution < 1.29 is 28.8 Å². The molecular weight excluding hydrogens is 574 g/mol. The van der Waals surface area contributed by atoms with Crippen LogP contribution in [0.5, 0.6) is 0 Å². The van der Waals surface area contributed by atoms with E-state index in [2.05, 4.69) is 21.3 Å². The number of rotatable bonds is 12. The predicted molar refractivity (Wildman–Crippen MR) is 179 cm³/mol. The molecule has 5 amide bonds. The Morgan fingerprint density at radius 2 is 1.33 bits per heavy atom. The highest BCUT2D eigenvalue weighted by Crippen LogP contribution is 2.22. The van der Waals surface area contributed by atoms with Gasteiger partial charge in [-0.1, -0.05) is 99.6 Å². The Balaban J connectivity index is 0. The second-order valence-electron chi connectivity index (χ2n) is 13.1. The van der Waals surface area contributed by atoms with Gasteiger partial charge in [-0.05, 0) is 29.2 Å². The van der Waals surface area contributed by atoms with Gasteiger partial charge in [0.15, 0.2) is 0 Å². The molecule has 3 atom stereocenters. The summed E-state index contributed by atoms with van der Waals surface area (Å²) in [5, 5.41) is 10.3. The van der Waals surface area contributed by atoms with Gasteiger partial charge in [0.2, 0.25) is 29.4 Å². The molecule has 1 aromatic rings. The molecule has 0 heterocycles. The van der Waals surface area contributed by atoms with Gasteiger partial charge < -0.3 is 26.2 Å². The highest BCUT2D eigenvalue weighted by atomic mass is 16.2. The van der Waals surface area contributed by atoms with Crippen LogP contribution in [0, 0.1) is 10.8 Å². The van der Waals surface area contributed by atoms with Crippen LogP contribution in [0.1, 0.15) is 100 Å². The molecule has 4 N–H and O–H groups in total. The van der Waals surface area contributed by atoms with Gasteiger partial charge in [-0.3, -0.25) is 28.8 Å². The lowest BCUT2D eigenvalue weighted by Gasteiger charge is -2.31. The average Bonchev–Trinajstić information content (AvgIpc) is 2.96. The maximum absolute atomic E-state index is 12.8. The summed E-state index contributed by atoms with van der Waals surface area (Å²) in [4.78, 5) is 74.1. The van der Waals surface area contributed by atoms with E-state index in [-0.39, 0.29) is 36.1 Å². The SMILES string of the molecule is CC.CC(NC(=O)CNC(=O)C(NC(=O)CC(C)(C)C)C(C)(C)C)C(=O)C(=O)NC[C@@H](C)c1ccccc1.CCC(=O)N(C)C. The third-order valence-electron chi connectivity index (χ3n) is 6.28. The van der Waals surface area contributed by atoms with Crippen molar-refractivity contribution >= 4 is 35.3 Å². The zero-order valence-electron chi connectivity index (χ0n) is 29.8. The number of benzene rings is 1. The third-order valence-corrected chi connectivity index (χ3v) is 6.28. The maximum Gasteiger partial charge on any atom is 0.289 e. The van der Waals surface area contributed by atoms with Crippen LogP contribution in [0.2, 0.25) is 0 Å². The summed E-state index contributed by atoms with van der Waals surface area (Å²) in [6, 6.07) is 7.67. The van der Waals surface area contributed by atoms with E-state index in [0.29, 0.717) is 6.42 Å². The van der Waals surface area contributed by atoms with Crippen LogP contribution >= 0.6 is 0 Å². The van der Waals surface area contributed by atoms with E-state index in [4.69, 9.17) is 0 Å². The molecule has 0 aromatic heterocycles. The van der Waals surface area contributed by atoms with Gasteiger partial charge in [-0.15, -0.1) is 0 Å². The standard InChI is InChI=1S/C27H42N4O5.C5H11NO.C2H6/c1-17(19-12-10-9-11-13-19)15-28-24(35)22(34)18(2)30-21(33)16-29-25(36)23(27(6,7)8)31-20(32)14-26(3,4)5;1-4-5(7)6(2)3;1-2/h9-13,17-18,23H,14-16H2,1-8H3,(H,28,35)(H,29,36)(H,30,33)(H,31,32);4H2,1-3H3;1-2H3/t17-,18?,23?;;/m1../s1. The zero-order chi connectivity index (χ0) is 35.5. The minimum Gasteiger partial charge on any atom is -0.349 e. The van der Waals surface area contributed by atoms with E-state index in [9.17, 15) is 28.8 Å². The number of hydrogen-bond donors (Lipinski definition) is 4. The first-order valence-electron chi connectivity index (χ1n) is 15.6. The first-order valence-corrected chi connectivity index (χ1v) is 15.6. The van der Waals surface area contributed by atoms with Crippen LogP contribution < -0.4 is 21.3 Å². The molecule has 0 aliphatic heterocycles. The maximum atomic E-state index is 12.8. The highest BCUT2D eigenvalue weighted by molar-refractivity contribution is 6.38. The first-order chi connectivity index (χ1) is 20.7. The second-order valence-corrected chi connectivity index (χ2v) is 13.1. The number of hydrogen-bond acceptors (Lipinski definition) is 6. The van der Waals surface area contributed by atoms with Crippen LogP contribution in [0.3, 0.4) is 0 Å². The number of amides is 5. The van der Waals surface area contributed by atoms with Crippen LogP contribution in [0.15, 0.2) is 30.3 Å². The monoisotopic (exact) mass is 633 g/mol. The summed E-state index contributed by atoms with van der Waals surface area (Å²) < 4.78 is 0. The summed E-state index contributed by atoms with van der Waals surface area (Å²) in [6.45, 7) is 20.3. The number of nitrogens with zero attached hydrogens (tertiary/aromatic N) is 1. The van der Waals surface area contributed by atoms with E-state index >= 15 is 0 Å². The minimum atomic E-state index is -1.06. The molecule has 1 aromatic carbocycles. The molecule has 256 valence electrons. The van der Waals surface area contributed by atoms with Gasteiger partial charge in [-0.25, -0.2) is 0 Å². The molecule has 11 nitrogen and oxygen atoms in total. The Bertz CT molecular complexity index is 1090. The van der Waals surface area contributed by atoms with E-state index in [1.54, 1.807) is 19.0 Å². The van der Waals surface area contributed by atoms with Gasteiger partial charge in [0.05, 0.1) is 12.6 Å². The number of nitrogens with one attached hydrogen (secondary N) is 4. The van der Waals surface area contributed by atoms with E-state index in [1.807, 2.05) is 99.6 Å². The topological polar surface area (TPSA) is 154 Å². The van der Waals surface area contributed by atoms with Gasteiger partial charge in [0, 0.05) is 33.5 Å². The summed E-state index contributed by atoms with van der Waals surface area (Å²) in [5.74, 6) is -2.76. The number of carbonyl (C=O) groups excluding carboxylic acids is 6. The molecule has 2 unspecified atom stereocenters. The average molecular weight is 634 g/mol. The summed E-state index contributed by atoms with van der Waals surface area (Å²) >= 11 is 0. The van der Waals surface area contributed by atoms with Gasteiger partial charge in [0.1, 0.15) is 6.04 Å². The molecule has 0 fully saturated rings. The normalized spacial score (nSPS) is 12.7. The van der Waals surface area contributed by atoms with Crippen LogP contribution in [-0.4, -0.2) is 79.5 Å². The smallest absolute Gasteiger partial charge is 0.289 e. The van der Waals surface area contributed by atoms with Crippen molar-refractivity contribution in [1.82, 2.24) is 26.2 Å².